The van der Waals surface area contributed by atoms with E-state index in [1.54, 1.807) is 11.8 Å². The van der Waals surface area contributed by atoms with Crippen LogP contribution in [0.25, 0.3) is 0 Å². The number of nitrogens with zero attached hydrogens (tertiary/aromatic N) is 1. The largest absolute Gasteiger partial charge is 0.353 e. The van der Waals surface area contributed by atoms with Gasteiger partial charge >= 0.3 is 0 Å². The van der Waals surface area contributed by atoms with E-state index in [2.05, 4.69) is 42.3 Å². The molecule has 1 heterocycles. The van der Waals surface area contributed by atoms with Crippen molar-refractivity contribution in [3.63, 3.8) is 0 Å². The lowest BCUT2D eigenvalue weighted by atomic mass is 10.1. The zero-order valence-electron chi connectivity index (χ0n) is 12.9. The third kappa shape index (κ3) is 4.14. The lowest BCUT2D eigenvalue weighted by Gasteiger charge is -2.37. The SMILES string of the molecule is CCNCc1cc(C)ccc1N1CCSCC1S(C)(=O)=O. The highest BCUT2D eigenvalue weighted by atomic mass is 32.2. The van der Waals surface area contributed by atoms with Crippen LogP contribution in [0.15, 0.2) is 18.2 Å². The second-order valence-electron chi connectivity index (χ2n) is 5.46. The van der Waals surface area contributed by atoms with Crippen molar-refractivity contribution in [3.05, 3.63) is 29.3 Å². The molecule has 2 rings (SSSR count). The molecule has 1 aromatic rings. The van der Waals surface area contributed by atoms with Gasteiger partial charge in [0.2, 0.25) is 0 Å². The van der Waals surface area contributed by atoms with Crippen molar-refractivity contribution in [1.82, 2.24) is 5.32 Å². The third-order valence-corrected chi connectivity index (χ3v) is 6.33. The molecule has 1 N–H and O–H groups in total. The van der Waals surface area contributed by atoms with E-state index in [0.717, 1.165) is 31.1 Å². The van der Waals surface area contributed by atoms with E-state index < -0.39 is 15.2 Å². The molecule has 1 unspecified atom stereocenters. The summed E-state index contributed by atoms with van der Waals surface area (Å²) < 4.78 is 24.2. The smallest absolute Gasteiger partial charge is 0.169 e. The van der Waals surface area contributed by atoms with Crippen LogP contribution in [-0.4, -0.2) is 44.6 Å². The lowest BCUT2D eigenvalue weighted by molar-refractivity contribution is 0.584. The molecule has 0 amide bonds. The fourth-order valence-electron chi connectivity index (χ4n) is 2.61. The van der Waals surface area contributed by atoms with Gasteiger partial charge < -0.3 is 10.2 Å². The molecule has 6 heteroatoms. The van der Waals surface area contributed by atoms with Gasteiger partial charge in [-0.1, -0.05) is 24.6 Å². The molecule has 1 fully saturated rings. The maximum absolute atomic E-state index is 12.1. The fraction of sp³-hybridized carbons (Fsp3) is 0.600. The highest BCUT2D eigenvalue weighted by Gasteiger charge is 2.32. The Morgan fingerprint density at radius 3 is 2.86 bits per heavy atom. The van der Waals surface area contributed by atoms with Crippen molar-refractivity contribution >= 4 is 27.3 Å². The van der Waals surface area contributed by atoms with Crippen LogP contribution in [0.3, 0.4) is 0 Å². The first kappa shape index (κ1) is 16.6. The summed E-state index contributed by atoms with van der Waals surface area (Å²) in [7, 11) is -3.09. The Hall–Kier alpha value is -0.720. The summed E-state index contributed by atoms with van der Waals surface area (Å²) in [4.78, 5) is 2.07. The third-order valence-electron chi connectivity index (χ3n) is 3.69. The molecule has 1 saturated heterocycles. The van der Waals surface area contributed by atoms with Gasteiger partial charge in [0, 0.05) is 36.5 Å². The van der Waals surface area contributed by atoms with Crippen LogP contribution in [0, 0.1) is 6.92 Å². The Morgan fingerprint density at radius 2 is 2.19 bits per heavy atom. The van der Waals surface area contributed by atoms with Gasteiger partial charge in [-0.2, -0.15) is 11.8 Å². The number of thioether (sulfide) groups is 1. The second kappa shape index (κ2) is 7.03. The average molecular weight is 329 g/mol. The van der Waals surface area contributed by atoms with Crippen molar-refractivity contribution < 1.29 is 8.42 Å². The summed E-state index contributed by atoms with van der Waals surface area (Å²) in [5.74, 6) is 1.62. The molecule has 118 valence electrons. The van der Waals surface area contributed by atoms with Crippen molar-refractivity contribution in [3.8, 4) is 0 Å². The molecule has 0 radical (unpaired) electrons. The number of aryl methyl sites for hydroxylation is 1. The van der Waals surface area contributed by atoms with E-state index in [1.165, 1.54) is 17.4 Å². The fourth-order valence-corrected chi connectivity index (χ4v) is 5.44. The van der Waals surface area contributed by atoms with E-state index in [-0.39, 0.29) is 0 Å². The Bertz CT molecular complexity index is 587. The zero-order valence-corrected chi connectivity index (χ0v) is 14.6. The molecule has 0 spiro atoms. The molecule has 1 aliphatic rings. The zero-order chi connectivity index (χ0) is 15.5. The summed E-state index contributed by atoms with van der Waals surface area (Å²) in [6, 6.07) is 6.28. The topological polar surface area (TPSA) is 49.4 Å². The van der Waals surface area contributed by atoms with Crippen molar-refractivity contribution in [2.24, 2.45) is 0 Å². The van der Waals surface area contributed by atoms with Crippen molar-refractivity contribution in [2.45, 2.75) is 25.8 Å². The number of benzene rings is 1. The lowest BCUT2D eigenvalue weighted by Crippen LogP contribution is -2.47. The van der Waals surface area contributed by atoms with Gasteiger partial charge in [0.15, 0.2) is 9.84 Å². The van der Waals surface area contributed by atoms with Crippen LogP contribution in [0.1, 0.15) is 18.1 Å². The monoisotopic (exact) mass is 328 g/mol. The number of hydrogen-bond acceptors (Lipinski definition) is 5. The first-order valence-electron chi connectivity index (χ1n) is 7.27. The van der Waals surface area contributed by atoms with Crippen molar-refractivity contribution in [1.29, 1.82) is 0 Å². The molecule has 4 nitrogen and oxygen atoms in total. The van der Waals surface area contributed by atoms with Crippen LogP contribution in [0.2, 0.25) is 0 Å². The molecule has 1 atom stereocenters. The van der Waals surface area contributed by atoms with Gasteiger partial charge in [-0.3, -0.25) is 0 Å². The van der Waals surface area contributed by atoms with Crippen LogP contribution >= 0.6 is 11.8 Å². The quantitative estimate of drug-likeness (QED) is 0.896. The van der Waals surface area contributed by atoms with Crippen LogP contribution in [-0.2, 0) is 16.4 Å². The molecule has 1 aliphatic heterocycles. The Morgan fingerprint density at radius 1 is 1.43 bits per heavy atom. The maximum atomic E-state index is 12.1. The average Bonchev–Trinajstić information content (AvgIpc) is 2.44. The van der Waals surface area contributed by atoms with Gasteiger partial charge in [-0.15, -0.1) is 0 Å². The molecule has 1 aromatic carbocycles. The number of rotatable bonds is 5. The minimum Gasteiger partial charge on any atom is -0.353 e. The van der Waals surface area contributed by atoms with Gasteiger partial charge in [0.25, 0.3) is 0 Å². The normalized spacial score (nSPS) is 19.8. The number of anilines is 1. The highest BCUT2D eigenvalue weighted by molar-refractivity contribution is 8.01. The molecule has 0 aliphatic carbocycles. The summed E-state index contributed by atoms with van der Waals surface area (Å²) in [5, 5.41) is 2.93. The second-order valence-corrected chi connectivity index (χ2v) is 8.82. The minimum atomic E-state index is -3.09. The van der Waals surface area contributed by atoms with Crippen molar-refractivity contribution in [2.75, 3.05) is 35.8 Å². The minimum absolute atomic E-state index is 0.417. The van der Waals surface area contributed by atoms with Crippen LogP contribution < -0.4 is 10.2 Å². The van der Waals surface area contributed by atoms with Gasteiger partial charge in [0.05, 0.1) is 0 Å². The summed E-state index contributed by atoms with van der Waals surface area (Å²) in [5.41, 5.74) is 3.43. The number of hydrogen-bond donors (Lipinski definition) is 1. The Kier molecular flexibility index (Phi) is 5.57. The van der Waals surface area contributed by atoms with Gasteiger partial charge in [0.1, 0.15) is 5.37 Å². The molecular weight excluding hydrogens is 304 g/mol. The van der Waals surface area contributed by atoms with Crippen LogP contribution in [0.5, 0.6) is 0 Å². The van der Waals surface area contributed by atoms with E-state index in [1.807, 2.05) is 0 Å². The Balaban J connectivity index is 2.38. The molecule has 0 bridgehead atoms. The molecule has 21 heavy (non-hydrogen) atoms. The Labute approximate surface area is 132 Å². The summed E-state index contributed by atoms with van der Waals surface area (Å²) in [6.45, 7) is 6.60. The van der Waals surface area contributed by atoms with E-state index in [9.17, 15) is 8.42 Å². The molecule has 0 saturated carbocycles. The predicted octanol–water partition coefficient (Wildman–Crippen LogP) is 2.03. The number of nitrogens with one attached hydrogen (secondary N) is 1. The summed E-state index contributed by atoms with van der Waals surface area (Å²) >= 11 is 1.72. The van der Waals surface area contributed by atoms with Gasteiger partial charge in [-0.25, -0.2) is 8.42 Å². The van der Waals surface area contributed by atoms with Crippen LogP contribution in [0.4, 0.5) is 5.69 Å². The van der Waals surface area contributed by atoms with E-state index in [4.69, 9.17) is 0 Å². The molecular formula is C15H24N2O2S2. The van der Waals surface area contributed by atoms with E-state index in [0.29, 0.717) is 5.75 Å². The van der Waals surface area contributed by atoms with E-state index >= 15 is 0 Å². The summed E-state index contributed by atoms with van der Waals surface area (Å²) in [6.07, 6.45) is 1.34. The highest BCUT2D eigenvalue weighted by Crippen LogP contribution is 2.30. The first-order chi connectivity index (χ1) is 9.93. The number of sulfone groups is 1. The maximum Gasteiger partial charge on any atom is 0.169 e. The first-order valence-corrected chi connectivity index (χ1v) is 10.4. The van der Waals surface area contributed by atoms with Gasteiger partial charge in [-0.05, 0) is 25.1 Å². The predicted molar refractivity (Wildman–Crippen MR) is 91.9 cm³/mol. The molecule has 0 aromatic heterocycles. The standard InChI is InChI=1S/C15H24N2O2S2/c1-4-16-10-13-9-12(2)5-6-14(13)17-7-8-20-11-15(17)21(3,18)19/h5-6,9,15-16H,4,7-8,10-11H2,1-3H3.